The normalized spacial score (nSPS) is 13.9. The van der Waals surface area contributed by atoms with Crippen LogP contribution in [0.15, 0.2) is 53.1 Å². The van der Waals surface area contributed by atoms with Gasteiger partial charge in [0.05, 0.1) is 19.5 Å². The molecular formula is C15H16O5. The van der Waals surface area contributed by atoms with Crippen molar-refractivity contribution in [3.05, 3.63) is 60.1 Å². The average Bonchev–Trinajstić information content (AvgIpc) is 3.01. The van der Waals surface area contributed by atoms with E-state index in [1.165, 1.54) is 18.4 Å². The van der Waals surface area contributed by atoms with Gasteiger partial charge in [0.2, 0.25) is 5.78 Å². The minimum Gasteiger partial charge on any atom is -0.461 e. The van der Waals surface area contributed by atoms with Crippen molar-refractivity contribution in [3.8, 4) is 0 Å². The molecule has 0 saturated heterocycles. The Morgan fingerprint density at radius 2 is 1.90 bits per heavy atom. The van der Waals surface area contributed by atoms with E-state index in [4.69, 9.17) is 9.15 Å². The minimum atomic E-state index is -1.56. The van der Waals surface area contributed by atoms with Crippen LogP contribution < -0.4 is 0 Å². The zero-order valence-electron chi connectivity index (χ0n) is 10.8. The van der Waals surface area contributed by atoms with Gasteiger partial charge in [0.15, 0.2) is 5.76 Å². The smallest absolute Gasteiger partial charge is 0.229 e. The van der Waals surface area contributed by atoms with Gasteiger partial charge in [-0.25, -0.2) is 0 Å². The number of ketones is 1. The van der Waals surface area contributed by atoms with Crippen molar-refractivity contribution in [1.82, 2.24) is 0 Å². The summed E-state index contributed by atoms with van der Waals surface area (Å²) in [7, 11) is 0. The highest BCUT2D eigenvalue weighted by Gasteiger charge is 2.27. The molecule has 2 rings (SSSR count). The van der Waals surface area contributed by atoms with Gasteiger partial charge in [-0.1, -0.05) is 30.3 Å². The SMILES string of the molecule is O=C(c1ccco1)[C@@H](O)[C@H](O)COCc1ccccc1. The first-order valence-electron chi connectivity index (χ1n) is 6.24. The Hall–Kier alpha value is -1.95. The molecule has 0 saturated carbocycles. The lowest BCUT2D eigenvalue weighted by Crippen LogP contribution is -2.37. The second-order valence-electron chi connectivity index (χ2n) is 4.35. The predicted molar refractivity (Wildman–Crippen MR) is 71.2 cm³/mol. The molecule has 0 aliphatic heterocycles. The standard InChI is InChI=1S/C15H16O5/c16-12(10-19-9-11-5-2-1-3-6-11)14(17)15(18)13-7-4-8-20-13/h1-8,12,14,16-17H,9-10H2/t12-,14+/m1/s1. The van der Waals surface area contributed by atoms with Gasteiger partial charge in [0, 0.05) is 0 Å². The lowest BCUT2D eigenvalue weighted by Gasteiger charge is -2.15. The first-order chi connectivity index (χ1) is 9.68. The van der Waals surface area contributed by atoms with Gasteiger partial charge in [0.1, 0.15) is 12.2 Å². The van der Waals surface area contributed by atoms with Crippen LogP contribution >= 0.6 is 0 Å². The summed E-state index contributed by atoms with van der Waals surface area (Å²) < 4.78 is 10.2. The number of hydrogen-bond donors (Lipinski definition) is 2. The molecule has 1 aromatic heterocycles. The number of aliphatic hydroxyl groups excluding tert-OH is 2. The molecule has 0 spiro atoms. The molecule has 5 heteroatoms. The Kier molecular flexibility index (Phi) is 5.06. The maximum atomic E-state index is 11.7. The molecule has 20 heavy (non-hydrogen) atoms. The van der Waals surface area contributed by atoms with Gasteiger partial charge in [-0.3, -0.25) is 4.79 Å². The molecule has 0 unspecified atom stereocenters. The van der Waals surface area contributed by atoms with Gasteiger partial charge >= 0.3 is 0 Å². The van der Waals surface area contributed by atoms with Crippen molar-refractivity contribution in [3.63, 3.8) is 0 Å². The van der Waals surface area contributed by atoms with Crippen LogP contribution in [0, 0.1) is 0 Å². The molecule has 2 N–H and O–H groups in total. The minimum absolute atomic E-state index is 0.0135. The zero-order valence-corrected chi connectivity index (χ0v) is 10.8. The molecule has 106 valence electrons. The van der Waals surface area contributed by atoms with Gasteiger partial charge in [-0.15, -0.1) is 0 Å². The zero-order chi connectivity index (χ0) is 14.4. The molecule has 1 aromatic carbocycles. The van der Waals surface area contributed by atoms with Gasteiger partial charge < -0.3 is 19.4 Å². The molecule has 2 aromatic rings. The number of ether oxygens (including phenoxy) is 1. The maximum absolute atomic E-state index is 11.7. The van der Waals surface area contributed by atoms with E-state index in [0.29, 0.717) is 6.61 Å². The maximum Gasteiger partial charge on any atom is 0.229 e. The van der Waals surface area contributed by atoms with Crippen LogP contribution in [0.2, 0.25) is 0 Å². The number of carbonyl (C=O) groups is 1. The van der Waals surface area contributed by atoms with Crippen LogP contribution in [0.5, 0.6) is 0 Å². The van der Waals surface area contributed by atoms with Crippen LogP contribution in [-0.2, 0) is 11.3 Å². The number of aliphatic hydroxyl groups is 2. The van der Waals surface area contributed by atoms with Crippen molar-refractivity contribution in [2.45, 2.75) is 18.8 Å². The van der Waals surface area contributed by atoms with E-state index >= 15 is 0 Å². The Morgan fingerprint density at radius 3 is 2.55 bits per heavy atom. The van der Waals surface area contributed by atoms with Crippen molar-refractivity contribution >= 4 is 5.78 Å². The molecule has 5 nitrogen and oxygen atoms in total. The van der Waals surface area contributed by atoms with Crippen LogP contribution in [0.1, 0.15) is 16.1 Å². The number of benzene rings is 1. The third-order valence-electron chi connectivity index (χ3n) is 2.80. The van der Waals surface area contributed by atoms with Crippen LogP contribution in [-0.4, -0.2) is 34.8 Å². The van der Waals surface area contributed by atoms with E-state index in [9.17, 15) is 15.0 Å². The number of Topliss-reactive ketones (excluding diaryl/α,β-unsaturated/α-hetero) is 1. The summed E-state index contributed by atoms with van der Waals surface area (Å²) in [6, 6.07) is 12.4. The van der Waals surface area contributed by atoms with E-state index in [-0.39, 0.29) is 12.4 Å². The largest absolute Gasteiger partial charge is 0.461 e. The molecule has 2 atom stereocenters. The van der Waals surface area contributed by atoms with Crippen molar-refractivity contribution < 1.29 is 24.2 Å². The summed E-state index contributed by atoms with van der Waals surface area (Å²) in [6.07, 6.45) is -1.52. The van der Waals surface area contributed by atoms with E-state index in [0.717, 1.165) is 5.56 Å². The number of carbonyl (C=O) groups excluding carboxylic acids is 1. The fourth-order valence-corrected chi connectivity index (χ4v) is 1.70. The summed E-state index contributed by atoms with van der Waals surface area (Å²) in [6.45, 7) is 0.169. The summed E-state index contributed by atoms with van der Waals surface area (Å²) in [5.74, 6) is -0.648. The predicted octanol–water partition coefficient (Wildman–Crippen LogP) is 1.40. The molecule has 1 heterocycles. The van der Waals surface area contributed by atoms with E-state index in [1.54, 1.807) is 0 Å². The molecule has 0 radical (unpaired) electrons. The Balaban J connectivity index is 1.79. The molecular weight excluding hydrogens is 260 g/mol. The van der Waals surface area contributed by atoms with Crippen LogP contribution in [0.25, 0.3) is 0 Å². The third kappa shape index (κ3) is 3.77. The van der Waals surface area contributed by atoms with Crippen molar-refractivity contribution in [1.29, 1.82) is 0 Å². The van der Waals surface area contributed by atoms with E-state index in [1.807, 2.05) is 30.3 Å². The highest BCUT2D eigenvalue weighted by molar-refractivity contribution is 5.97. The average molecular weight is 276 g/mol. The molecule has 0 bridgehead atoms. The van der Waals surface area contributed by atoms with Crippen LogP contribution in [0.4, 0.5) is 0 Å². The number of rotatable bonds is 7. The van der Waals surface area contributed by atoms with Gasteiger partial charge in [-0.2, -0.15) is 0 Å². The summed E-state index contributed by atoms with van der Waals surface area (Å²) in [5.41, 5.74) is 0.951. The van der Waals surface area contributed by atoms with Gasteiger partial charge in [0.25, 0.3) is 0 Å². The Morgan fingerprint density at radius 1 is 1.15 bits per heavy atom. The summed E-state index contributed by atoms with van der Waals surface area (Å²) >= 11 is 0. The number of furan rings is 1. The van der Waals surface area contributed by atoms with Crippen molar-refractivity contribution in [2.75, 3.05) is 6.61 Å². The fraction of sp³-hybridized carbons (Fsp3) is 0.267. The molecule has 0 fully saturated rings. The molecule has 0 aliphatic rings. The highest BCUT2D eigenvalue weighted by atomic mass is 16.5. The second kappa shape index (κ2) is 7.00. The van der Waals surface area contributed by atoms with E-state index < -0.39 is 18.0 Å². The Labute approximate surface area is 116 Å². The highest BCUT2D eigenvalue weighted by Crippen LogP contribution is 2.08. The van der Waals surface area contributed by atoms with Crippen LogP contribution in [0.3, 0.4) is 0 Å². The lowest BCUT2D eigenvalue weighted by molar-refractivity contribution is -0.0325. The summed E-state index contributed by atoms with van der Waals surface area (Å²) in [5, 5.41) is 19.4. The monoisotopic (exact) mass is 276 g/mol. The summed E-state index contributed by atoms with van der Waals surface area (Å²) in [4.78, 5) is 11.7. The first kappa shape index (κ1) is 14.5. The first-order valence-corrected chi connectivity index (χ1v) is 6.24. The Bertz CT molecular complexity index is 520. The number of hydrogen-bond acceptors (Lipinski definition) is 5. The molecule has 0 amide bonds. The second-order valence-corrected chi connectivity index (χ2v) is 4.35. The fourth-order valence-electron chi connectivity index (χ4n) is 1.70. The molecule has 0 aliphatic carbocycles. The van der Waals surface area contributed by atoms with Gasteiger partial charge in [-0.05, 0) is 17.7 Å². The van der Waals surface area contributed by atoms with E-state index in [2.05, 4.69) is 0 Å². The quantitative estimate of drug-likeness (QED) is 0.747. The third-order valence-corrected chi connectivity index (χ3v) is 2.80. The topological polar surface area (TPSA) is 79.9 Å². The lowest BCUT2D eigenvalue weighted by atomic mass is 10.1. The van der Waals surface area contributed by atoms with Crippen molar-refractivity contribution in [2.24, 2.45) is 0 Å².